The third kappa shape index (κ3) is 6.94. The molecule has 0 aromatic rings. The molecule has 0 saturated carbocycles. The van der Waals surface area contributed by atoms with Crippen LogP contribution in [0.2, 0.25) is 0 Å². The summed E-state index contributed by atoms with van der Waals surface area (Å²) in [5.41, 5.74) is 0. The molecule has 0 radical (unpaired) electrons. The molecule has 1 heterocycles. The molecular weight excluding hydrogens is 272 g/mol. The van der Waals surface area contributed by atoms with E-state index >= 15 is 0 Å². The van der Waals surface area contributed by atoms with Crippen LogP contribution in [0.5, 0.6) is 0 Å². The Morgan fingerprint density at radius 3 is 1.53 bits per heavy atom. The lowest BCUT2D eigenvalue weighted by Gasteiger charge is -2.12. The molecule has 1 saturated heterocycles. The van der Waals surface area contributed by atoms with Crippen molar-refractivity contribution in [2.45, 2.75) is 37.9 Å². The largest absolute Gasteiger partial charge is 0.375 e. The molecule has 2 atom stereocenters. The molecule has 2 N–H and O–H groups in total. The summed E-state index contributed by atoms with van der Waals surface area (Å²) >= 11 is 0. The summed E-state index contributed by atoms with van der Waals surface area (Å²) in [5.74, 6) is -0.717. The first-order chi connectivity index (χ1) is 7.66. The van der Waals surface area contributed by atoms with Gasteiger partial charge in [-0.1, -0.05) is 0 Å². The Bertz CT molecular complexity index is 396. The van der Waals surface area contributed by atoms with E-state index < -0.39 is 20.2 Å². The standard InChI is InChI=1S/C8H16O7S2/c9-16(10,11)5-3-7-1-2-8(15-7)4-6-17(12,13)14/h7-8H,1-6H2,(H,9,10,11)(H,12,13,14). The second kappa shape index (κ2) is 5.61. The van der Waals surface area contributed by atoms with Crippen molar-refractivity contribution in [3.05, 3.63) is 0 Å². The predicted octanol–water partition coefficient (Wildman–Crippen LogP) is 0.0898. The Morgan fingerprint density at radius 2 is 1.24 bits per heavy atom. The van der Waals surface area contributed by atoms with Crippen molar-refractivity contribution in [2.75, 3.05) is 11.5 Å². The van der Waals surface area contributed by atoms with Crippen molar-refractivity contribution < 1.29 is 30.7 Å². The zero-order chi connectivity index (χ0) is 13.1. The number of ether oxygens (including phenoxy) is 1. The highest BCUT2D eigenvalue weighted by molar-refractivity contribution is 7.86. The van der Waals surface area contributed by atoms with Crippen LogP contribution in [0.25, 0.3) is 0 Å². The van der Waals surface area contributed by atoms with E-state index in [0.29, 0.717) is 12.8 Å². The van der Waals surface area contributed by atoms with Gasteiger partial charge in [0, 0.05) is 0 Å². The minimum atomic E-state index is -3.98. The van der Waals surface area contributed by atoms with Gasteiger partial charge in [0.2, 0.25) is 0 Å². The molecule has 7 nitrogen and oxygen atoms in total. The van der Waals surface area contributed by atoms with Crippen molar-refractivity contribution >= 4 is 20.2 Å². The highest BCUT2D eigenvalue weighted by atomic mass is 32.2. The van der Waals surface area contributed by atoms with E-state index in [1.165, 1.54) is 0 Å². The molecule has 1 aliphatic heterocycles. The molecule has 9 heteroatoms. The van der Waals surface area contributed by atoms with Gasteiger partial charge in [-0.15, -0.1) is 0 Å². The van der Waals surface area contributed by atoms with Gasteiger partial charge in [-0.2, -0.15) is 16.8 Å². The SMILES string of the molecule is O=S(=O)(O)CCC1CCC(CCS(=O)(=O)O)O1. The smallest absolute Gasteiger partial charge is 0.264 e. The van der Waals surface area contributed by atoms with Gasteiger partial charge in [0.15, 0.2) is 0 Å². The summed E-state index contributed by atoms with van der Waals surface area (Å²) in [5, 5.41) is 0. The van der Waals surface area contributed by atoms with Crippen LogP contribution < -0.4 is 0 Å². The lowest BCUT2D eigenvalue weighted by molar-refractivity contribution is 0.0420. The molecule has 1 rings (SSSR count). The highest BCUT2D eigenvalue weighted by Gasteiger charge is 2.27. The van der Waals surface area contributed by atoms with E-state index in [9.17, 15) is 16.8 Å². The summed E-state index contributed by atoms with van der Waals surface area (Å²) in [6.07, 6.45) is 1.10. The summed E-state index contributed by atoms with van der Waals surface area (Å²) in [7, 11) is -7.96. The predicted molar refractivity (Wildman–Crippen MR) is 60.0 cm³/mol. The zero-order valence-electron chi connectivity index (χ0n) is 9.15. The van der Waals surface area contributed by atoms with Crippen LogP contribution in [0.15, 0.2) is 0 Å². The van der Waals surface area contributed by atoms with Gasteiger partial charge >= 0.3 is 0 Å². The van der Waals surface area contributed by atoms with Gasteiger partial charge in [-0.05, 0) is 25.7 Å². The monoisotopic (exact) mass is 288 g/mol. The molecule has 0 spiro atoms. The fourth-order valence-corrected chi connectivity index (χ4v) is 2.89. The Hall–Kier alpha value is -0.220. The van der Waals surface area contributed by atoms with Crippen molar-refractivity contribution in [3.63, 3.8) is 0 Å². The maximum atomic E-state index is 10.5. The number of hydrogen-bond donors (Lipinski definition) is 2. The first-order valence-electron chi connectivity index (χ1n) is 5.21. The zero-order valence-corrected chi connectivity index (χ0v) is 10.8. The molecule has 1 fully saturated rings. The molecule has 1 aliphatic rings. The van der Waals surface area contributed by atoms with E-state index in [1.54, 1.807) is 0 Å². The molecule has 2 unspecified atom stereocenters. The first-order valence-corrected chi connectivity index (χ1v) is 8.43. The van der Waals surface area contributed by atoms with Crippen LogP contribution in [-0.4, -0.2) is 49.7 Å². The van der Waals surface area contributed by atoms with Crippen LogP contribution in [0, 0.1) is 0 Å². The maximum Gasteiger partial charge on any atom is 0.264 e. The fourth-order valence-electron chi connectivity index (χ4n) is 1.77. The summed E-state index contributed by atoms with van der Waals surface area (Å²) in [6.45, 7) is 0. The van der Waals surface area contributed by atoms with Gasteiger partial charge in [-0.3, -0.25) is 9.11 Å². The molecule has 0 aromatic carbocycles. The van der Waals surface area contributed by atoms with E-state index in [-0.39, 0.29) is 36.6 Å². The van der Waals surface area contributed by atoms with Crippen LogP contribution in [0.4, 0.5) is 0 Å². The Labute approximate surface area is 101 Å². The molecule has 0 aliphatic carbocycles. The molecule has 0 bridgehead atoms. The minimum absolute atomic E-state index is 0.196. The van der Waals surface area contributed by atoms with Crippen molar-refractivity contribution in [2.24, 2.45) is 0 Å². The third-order valence-corrected chi connectivity index (χ3v) is 4.09. The lowest BCUT2D eigenvalue weighted by atomic mass is 10.1. The van der Waals surface area contributed by atoms with Crippen LogP contribution in [0.3, 0.4) is 0 Å². The average molecular weight is 288 g/mol. The van der Waals surface area contributed by atoms with Crippen LogP contribution >= 0.6 is 0 Å². The minimum Gasteiger partial charge on any atom is -0.375 e. The Kier molecular flexibility index (Phi) is 4.90. The topological polar surface area (TPSA) is 118 Å². The van der Waals surface area contributed by atoms with Crippen molar-refractivity contribution in [3.8, 4) is 0 Å². The molecule has 0 aromatic heterocycles. The normalized spacial score (nSPS) is 26.2. The Morgan fingerprint density at radius 1 is 0.882 bits per heavy atom. The van der Waals surface area contributed by atoms with E-state index in [0.717, 1.165) is 0 Å². The van der Waals surface area contributed by atoms with Gasteiger partial charge in [0.1, 0.15) is 0 Å². The van der Waals surface area contributed by atoms with Crippen molar-refractivity contribution in [1.82, 2.24) is 0 Å². The maximum absolute atomic E-state index is 10.5. The summed E-state index contributed by atoms with van der Waals surface area (Å²) in [4.78, 5) is 0. The first kappa shape index (κ1) is 14.8. The fraction of sp³-hybridized carbons (Fsp3) is 1.00. The number of hydrogen-bond acceptors (Lipinski definition) is 5. The number of rotatable bonds is 6. The highest BCUT2D eigenvalue weighted by Crippen LogP contribution is 2.24. The van der Waals surface area contributed by atoms with E-state index in [1.807, 2.05) is 0 Å². The van der Waals surface area contributed by atoms with Crippen LogP contribution in [-0.2, 0) is 25.0 Å². The van der Waals surface area contributed by atoms with Gasteiger partial charge in [-0.25, -0.2) is 0 Å². The summed E-state index contributed by atoms with van der Waals surface area (Å²) < 4.78 is 64.6. The van der Waals surface area contributed by atoms with Crippen LogP contribution in [0.1, 0.15) is 25.7 Å². The quantitative estimate of drug-likeness (QED) is 0.665. The summed E-state index contributed by atoms with van der Waals surface area (Å²) in [6, 6.07) is 0. The molecule has 102 valence electrons. The van der Waals surface area contributed by atoms with Gasteiger partial charge in [0.25, 0.3) is 20.2 Å². The Balaban J connectivity index is 2.28. The van der Waals surface area contributed by atoms with E-state index in [2.05, 4.69) is 0 Å². The average Bonchev–Trinajstić information content (AvgIpc) is 2.57. The second-order valence-electron chi connectivity index (χ2n) is 4.11. The third-order valence-electron chi connectivity index (χ3n) is 2.59. The van der Waals surface area contributed by atoms with Crippen molar-refractivity contribution in [1.29, 1.82) is 0 Å². The molecule has 0 amide bonds. The van der Waals surface area contributed by atoms with Gasteiger partial charge in [0.05, 0.1) is 23.7 Å². The second-order valence-corrected chi connectivity index (χ2v) is 7.25. The molecular formula is C8H16O7S2. The lowest BCUT2D eigenvalue weighted by Crippen LogP contribution is -2.18. The molecule has 17 heavy (non-hydrogen) atoms. The van der Waals surface area contributed by atoms with E-state index in [4.69, 9.17) is 13.8 Å². The van der Waals surface area contributed by atoms with Gasteiger partial charge < -0.3 is 4.74 Å².